The second-order valence-corrected chi connectivity index (χ2v) is 6.07. The summed E-state index contributed by atoms with van der Waals surface area (Å²) in [5.41, 5.74) is 2.97. The van der Waals surface area contributed by atoms with E-state index in [1.54, 1.807) is 18.2 Å². The molecule has 0 fully saturated rings. The molecule has 0 saturated carbocycles. The van der Waals surface area contributed by atoms with Crippen molar-refractivity contribution < 1.29 is 49.2 Å². The van der Waals surface area contributed by atoms with Gasteiger partial charge in [0.25, 0.3) is 0 Å². The Morgan fingerprint density at radius 3 is 2.44 bits per heavy atom. The van der Waals surface area contributed by atoms with Gasteiger partial charge in [-0.25, -0.2) is 0 Å². The van der Waals surface area contributed by atoms with Gasteiger partial charge in [0.05, 0.1) is 6.61 Å². The molecule has 118 valence electrons. The SMILES string of the molecule is [Na+].[O-]c1ccc2c(c1)Oc1cc(O)ccc1C21OCc2ccccc21. The number of phenolic OH excluding ortho intramolecular Hbond substituents is 1. The number of aromatic hydroxyl groups is 1. The van der Waals surface area contributed by atoms with Gasteiger partial charge < -0.3 is 19.7 Å². The molecule has 0 aliphatic carbocycles. The van der Waals surface area contributed by atoms with Gasteiger partial charge in [0, 0.05) is 17.2 Å². The van der Waals surface area contributed by atoms with E-state index in [0.717, 1.165) is 22.3 Å². The first-order chi connectivity index (χ1) is 11.7. The molecule has 3 aromatic rings. The molecule has 2 aliphatic heterocycles. The average molecular weight is 340 g/mol. The van der Waals surface area contributed by atoms with Crippen LogP contribution in [0.15, 0.2) is 60.7 Å². The van der Waals surface area contributed by atoms with Crippen molar-refractivity contribution in [2.45, 2.75) is 12.2 Å². The minimum Gasteiger partial charge on any atom is -0.872 e. The fraction of sp³-hybridized carbons (Fsp3) is 0.100. The topological polar surface area (TPSA) is 61.8 Å². The molecule has 0 saturated heterocycles. The van der Waals surface area contributed by atoms with Gasteiger partial charge in [-0.1, -0.05) is 36.4 Å². The largest absolute Gasteiger partial charge is 1.00 e. The van der Waals surface area contributed by atoms with E-state index in [9.17, 15) is 10.2 Å². The summed E-state index contributed by atoms with van der Waals surface area (Å²) < 4.78 is 12.2. The van der Waals surface area contributed by atoms with E-state index in [2.05, 4.69) is 0 Å². The zero-order valence-electron chi connectivity index (χ0n) is 13.7. The summed E-state index contributed by atoms with van der Waals surface area (Å²) in [6.45, 7) is 0.481. The summed E-state index contributed by atoms with van der Waals surface area (Å²) in [5, 5.41) is 21.6. The molecule has 5 rings (SSSR count). The molecular weight excluding hydrogens is 327 g/mol. The smallest absolute Gasteiger partial charge is 0.872 e. The summed E-state index contributed by atoms with van der Waals surface area (Å²) in [5.74, 6) is 0.956. The molecular formula is C20H13NaO4. The minimum absolute atomic E-state index is 0. The summed E-state index contributed by atoms with van der Waals surface area (Å²) in [4.78, 5) is 0. The molecule has 5 heteroatoms. The van der Waals surface area contributed by atoms with Gasteiger partial charge in [0.2, 0.25) is 0 Å². The van der Waals surface area contributed by atoms with Crippen LogP contribution in [-0.4, -0.2) is 5.11 Å². The minimum atomic E-state index is -0.819. The van der Waals surface area contributed by atoms with Crippen LogP contribution in [0, 0.1) is 0 Å². The van der Waals surface area contributed by atoms with Crippen molar-refractivity contribution in [3.05, 3.63) is 82.9 Å². The van der Waals surface area contributed by atoms with Crippen LogP contribution >= 0.6 is 0 Å². The number of ether oxygens (including phenoxy) is 2. The maximum absolute atomic E-state index is 11.8. The Balaban J connectivity index is 0.00000157. The fourth-order valence-electron chi connectivity index (χ4n) is 3.73. The molecule has 3 aromatic carbocycles. The summed E-state index contributed by atoms with van der Waals surface area (Å²) in [7, 11) is 0. The van der Waals surface area contributed by atoms with E-state index in [1.165, 1.54) is 12.1 Å². The third-order valence-corrected chi connectivity index (χ3v) is 4.74. The van der Waals surface area contributed by atoms with Crippen LogP contribution in [-0.2, 0) is 16.9 Å². The quantitative estimate of drug-likeness (QED) is 0.602. The van der Waals surface area contributed by atoms with E-state index in [1.807, 2.05) is 30.3 Å². The second-order valence-electron chi connectivity index (χ2n) is 6.07. The molecule has 1 unspecified atom stereocenters. The normalized spacial score (nSPS) is 19.4. The van der Waals surface area contributed by atoms with E-state index in [0.29, 0.717) is 18.1 Å². The molecule has 0 bridgehead atoms. The molecule has 2 aliphatic rings. The van der Waals surface area contributed by atoms with Gasteiger partial charge in [-0.2, -0.15) is 0 Å². The monoisotopic (exact) mass is 340 g/mol. The maximum Gasteiger partial charge on any atom is 1.00 e. The van der Waals surface area contributed by atoms with Gasteiger partial charge in [-0.05, 0) is 29.3 Å². The third-order valence-electron chi connectivity index (χ3n) is 4.74. The Morgan fingerprint density at radius 2 is 1.60 bits per heavy atom. The van der Waals surface area contributed by atoms with Crippen molar-refractivity contribution in [1.29, 1.82) is 0 Å². The average Bonchev–Trinajstić information content (AvgIpc) is 2.95. The number of benzene rings is 3. The van der Waals surface area contributed by atoms with Crippen molar-refractivity contribution >= 4 is 0 Å². The van der Waals surface area contributed by atoms with Crippen LogP contribution in [0.5, 0.6) is 23.0 Å². The zero-order valence-corrected chi connectivity index (χ0v) is 15.7. The summed E-state index contributed by atoms with van der Waals surface area (Å²) >= 11 is 0. The number of fused-ring (bicyclic) bond motifs is 6. The number of rotatable bonds is 0. The summed E-state index contributed by atoms with van der Waals surface area (Å²) in [6, 6.07) is 17.8. The Kier molecular flexibility index (Phi) is 3.81. The fourth-order valence-corrected chi connectivity index (χ4v) is 3.73. The standard InChI is InChI=1S/C20H14O4.Na/c21-13-5-7-16-18(9-13)24-19-10-14(22)6-8-17(19)20(16)15-4-2-1-3-12(15)11-23-20;/h1-10,21-22H,11H2;/q;+1/p-1. The molecule has 1 N–H and O–H groups in total. The van der Waals surface area contributed by atoms with Gasteiger partial charge in [-0.3, -0.25) is 0 Å². The van der Waals surface area contributed by atoms with Crippen LogP contribution in [0.3, 0.4) is 0 Å². The number of phenols is 1. The number of hydrogen-bond acceptors (Lipinski definition) is 4. The van der Waals surface area contributed by atoms with Crippen molar-refractivity contribution in [1.82, 2.24) is 0 Å². The van der Waals surface area contributed by atoms with E-state index in [-0.39, 0.29) is 41.1 Å². The van der Waals surface area contributed by atoms with Gasteiger partial charge >= 0.3 is 29.6 Å². The molecule has 1 atom stereocenters. The van der Waals surface area contributed by atoms with Gasteiger partial charge in [0.15, 0.2) is 5.60 Å². The van der Waals surface area contributed by atoms with Crippen LogP contribution in [0.4, 0.5) is 0 Å². The first kappa shape index (κ1) is 16.5. The molecule has 0 aromatic heterocycles. The van der Waals surface area contributed by atoms with Crippen molar-refractivity contribution in [2.75, 3.05) is 0 Å². The van der Waals surface area contributed by atoms with Gasteiger partial charge in [-0.15, -0.1) is 5.75 Å². The predicted molar refractivity (Wildman–Crippen MR) is 85.2 cm³/mol. The first-order valence-corrected chi connectivity index (χ1v) is 7.74. The van der Waals surface area contributed by atoms with E-state index >= 15 is 0 Å². The van der Waals surface area contributed by atoms with Crippen molar-refractivity contribution in [3.8, 4) is 23.0 Å². The van der Waals surface area contributed by atoms with E-state index < -0.39 is 5.60 Å². The Bertz CT molecular complexity index is 932. The third kappa shape index (κ3) is 2.22. The van der Waals surface area contributed by atoms with Crippen LogP contribution in [0.2, 0.25) is 0 Å². The molecule has 0 amide bonds. The molecule has 1 spiro atoms. The van der Waals surface area contributed by atoms with Crippen molar-refractivity contribution in [3.63, 3.8) is 0 Å². The van der Waals surface area contributed by atoms with E-state index in [4.69, 9.17) is 9.47 Å². The first-order valence-electron chi connectivity index (χ1n) is 7.74. The van der Waals surface area contributed by atoms with Crippen LogP contribution in [0.25, 0.3) is 0 Å². The number of hydrogen-bond donors (Lipinski definition) is 1. The Hall–Kier alpha value is -1.98. The summed E-state index contributed by atoms with van der Waals surface area (Å²) in [6.07, 6.45) is 0. The Labute approximate surface area is 166 Å². The maximum atomic E-state index is 11.8. The zero-order chi connectivity index (χ0) is 16.3. The molecule has 2 heterocycles. The predicted octanol–water partition coefficient (Wildman–Crippen LogP) is 0.398. The molecule has 4 nitrogen and oxygen atoms in total. The van der Waals surface area contributed by atoms with Gasteiger partial charge in [0.1, 0.15) is 17.2 Å². The Morgan fingerprint density at radius 1 is 0.880 bits per heavy atom. The van der Waals surface area contributed by atoms with Crippen LogP contribution < -0.4 is 39.4 Å². The van der Waals surface area contributed by atoms with Crippen LogP contribution in [0.1, 0.15) is 22.3 Å². The second kappa shape index (κ2) is 5.78. The molecule has 25 heavy (non-hydrogen) atoms. The molecule has 0 radical (unpaired) electrons. The van der Waals surface area contributed by atoms with Crippen molar-refractivity contribution in [2.24, 2.45) is 0 Å².